The Hall–Kier alpha value is -2.51. The van der Waals surface area contributed by atoms with Crippen molar-refractivity contribution in [2.24, 2.45) is 5.92 Å². The molecule has 0 bridgehead atoms. The van der Waals surface area contributed by atoms with Crippen molar-refractivity contribution in [1.29, 1.82) is 0 Å². The highest BCUT2D eigenvalue weighted by Gasteiger charge is 2.40. The predicted molar refractivity (Wildman–Crippen MR) is 96.1 cm³/mol. The van der Waals surface area contributed by atoms with E-state index in [1.54, 1.807) is 4.90 Å². The van der Waals surface area contributed by atoms with Gasteiger partial charge in [0.15, 0.2) is 11.6 Å². The van der Waals surface area contributed by atoms with Crippen LogP contribution in [0.5, 0.6) is 0 Å². The highest BCUT2D eigenvalue weighted by atomic mass is 19.2. The van der Waals surface area contributed by atoms with Crippen LogP contribution >= 0.6 is 0 Å². The van der Waals surface area contributed by atoms with Gasteiger partial charge in [0.1, 0.15) is 0 Å². The number of carbonyl (C=O) groups excluding carboxylic acids is 2. The van der Waals surface area contributed by atoms with Gasteiger partial charge < -0.3 is 14.9 Å². The Kier molecular flexibility index (Phi) is 6.26. The van der Waals surface area contributed by atoms with E-state index in [9.17, 15) is 23.2 Å². The van der Waals surface area contributed by atoms with Crippen LogP contribution in [-0.4, -0.2) is 51.8 Å². The Morgan fingerprint density at radius 2 is 1.89 bits per heavy atom. The molecule has 6 nitrogen and oxygen atoms in total. The summed E-state index contributed by atoms with van der Waals surface area (Å²) >= 11 is 0. The van der Waals surface area contributed by atoms with Crippen molar-refractivity contribution < 1.29 is 28.3 Å². The van der Waals surface area contributed by atoms with E-state index in [-0.39, 0.29) is 43.8 Å². The molecule has 1 aliphatic carbocycles. The van der Waals surface area contributed by atoms with Gasteiger partial charge in [-0.25, -0.2) is 8.78 Å². The second-order valence-electron chi connectivity index (χ2n) is 7.54. The number of hydrogen-bond donors (Lipinski definition) is 1. The molecule has 1 atom stereocenters. The van der Waals surface area contributed by atoms with Crippen LogP contribution in [-0.2, 0) is 20.9 Å². The molecule has 0 spiro atoms. The zero-order valence-corrected chi connectivity index (χ0v) is 15.6. The van der Waals surface area contributed by atoms with E-state index in [2.05, 4.69) is 0 Å². The van der Waals surface area contributed by atoms with Gasteiger partial charge in [0.2, 0.25) is 11.8 Å². The van der Waals surface area contributed by atoms with Crippen LogP contribution in [0.3, 0.4) is 0 Å². The first kappa shape index (κ1) is 20.2. The number of aliphatic carboxylic acids is 1. The summed E-state index contributed by atoms with van der Waals surface area (Å²) in [5, 5.41) is 8.97. The van der Waals surface area contributed by atoms with Crippen LogP contribution in [0.4, 0.5) is 8.78 Å². The number of benzene rings is 1. The van der Waals surface area contributed by atoms with Gasteiger partial charge in [-0.2, -0.15) is 0 Å². The molecule has 3 rings (SSSR count). The summed E-state index contributed by atoms with van der Waals surface area (Å²) in [4.78, 5) is 39.5. The lowest BCUT2D eigenvalue weighted by Gasteiger charge is -2.27. The Morgan fingerprint density at radius 1 is 1.18 bits per heavy atom. The molecule has 1 aliphatic heterocycles. The molecule has 0 aromatic heterocycles. The predicted octanol–water partition coefficient (Wildman–Crippen LogP) is 2.56. The molecular weight excluding hydrogens is 370 g/mol. The monoisotopic (exact) mass is 394 g/mol. The van der Waals surface area contributed by atoms with Gasteiger partial charge in [0, 0.05) is 32.1 Å². The lowest BCUT2D eigenvalue weighted by atomic mass is 10.1. The van der Waals surface area contributed by atoms with Crippen LogP contribution in [0.2, 0.25) is 0 Å². The first-order valence-corrected chi connectivity index (χ1v) is 9.59. The van der Waals surface area contributed by atoms with Gasteiger partial charge in [0.25, 0.3) is 0 Å². The topological polar surface area (TPSA) is 77.9 Å². The number of carboxylic acids is 1. The van der Waals surface area contributed by atoms with Gasteiger partial charge in [-0.15, -0.1) is 0 Å². The number of carboxylic acid groups (broad SMARTS) is 1. The van der Waals surface area contributed by atoms with Crippen molar-refractivity contribution in [3.63, 3.8) is 0 Å². The molecule has 1 unspecified atom stereocenters. The van der Waals surface area contributed by atoms with Crippen LogP contribution in [0.25, 0.3) is 0 Å². The lowest BCUT2D eigenvalue weighted by Crippen LogP contribution is -2.39. The average molecular weight is 394 g/mol. The Labute approximate surface area is 162 Å². The summed E-state index contributed by atoms with van der Waals surface area (Å²) < 4.78 is 26.6. The zero-order chi connectivity index (χ0) is 20.3. The smallest absolute Gasteiger partial charge is 0.305 e. The Morgan fingerprint density at radius 3 is 2.54 bits per heavy atom. The van der Waals surface area contributed by atoms with Crippen molar-refractivity contribution in [3.05, 3.63) is 35.4 Å². The first-order chi connectivity index (χ1) is 13.3. The standard InChI is InChI=1S/C20H24F2N2O4/c21-16-6-5-13(9-17(16)22)11-23(8-7-19(26)27)20(28)14-10-18(25)24(12-14)15-3-1-2-4-15/h5-6,9,14-15H,1-4,7-8,10-12H2,(H,26,27). The van der Waals surface area contributed by atoms with Gasteiger partial charge in [-0.05, 0) is 30.5 Å². The third kappa shape index (κ3) is 4.66. The summed E-state index contributed by atoms with van der Waals surface area (Å²) in [7, 11) is 0. The molecule has 1 N–H and O–H groups in total. The largest absolute Gasteiger partial charge is 0.481 e. The SMILES string of the molecule is O=C(O)CCN(Cc1ccc(F)c(F)c1)C(=O)C1CC(=O)N(C2CCCC2)C1. The molecule has 2 amide bonds. The number of hydrogen-bond acceptors (Lipinski definition) is 3. The molecule has 152 valence electrons. The molecule has 1 aromatic rings. The lowest BCUT2D eigenvalue weighted by molar-refractivity contribution is -0.140. The minimum absolute atomic E-state index is 0.0303. The second-order valence-corrected chi connectivity index (χ2v) is 7.54. The van der Waals surface area contributed by atoms with Crippen molar-refractivity contribution in [1.82, 2.24) is 9.80 Å². The number of carbonyl (C=O) groups is 3. The summed E-state index contributed by atoms with van der Waals surface area (Å²) in [6, 6.07) is 3.53. The summed E-state index contributed by atoms with van der Waals surface area (Å²) in [5.41, 5.74) is 0.370. The third-order valence-corrected chi connectivity index (χ3v) is 5.54. The van der Waals surface area contributed by atoms with E-state index in [0.29, 0.717) is 12.1 Å². The van der Waals surface area contributed by atoms with E-state index in [0.717, 1.165) is 37.8 Å². The third-order valence-electron chi connectivity index (χ3n) is 5.54. The van der Waals surface area contributed by atoms with Crippen LogP contribution in [0.15, 0.2) is 18.2 Å². The van der Waals surface area contributed by atoms with Crippen molar-refractivity contribution in [2.75, 3.05) is 13.1 Å². The number of amides is 2. The van der Waals surface area contributed by atoms with E-state index in [4.69, 9.17) is 5.11 Å². The fraction of sp³-hybridized carbons (Fsp3) is 0.550. The zero-order valence-electron chi connectivity index (χ0n) is 15.6. The van der Waals surface area contributed by atoms with Crippen molar-refractivity contribution in [2.45, 2.75) is 51.1 Å². The van der Waals surface area contributed by atoms with Gasteiger partial charge in [0.05, 0.1) is 12.3 Å². The number of likely N-dealkylation sites (tertiary alicyclic amines) is 1. The van der Waals surface area contributed by atoms with Gasteiger partial charge in [-0.1, -0.05) is 18.9 Å². The highest BCUT2D eigenvalue weighted by Crippen LogP contribution is 2.30. The summed E-state index contributed by atoms with van der Waals surface area (Å²) in [5.74, 6) is -3.96. The minimum atomic E-state index is -1.06. The summed E-state index contributed by atoms with van der Waals surface area (Å²) in [6.45, 7) is 0.252. The number of nitrogens with zero attached hydrogens (tertiary/aromatic N) is 2. The Bertz CT molecular complexity index is 765. The molecule has 2 aliphatic rings. The molecule has 1 saturated heterocycles. The molecule has 0 radical (unpaired) electrons. The highest BCUT2D eigenvalue weighted by molar-refractivity contribution is 5.89. The molecule has 2 fully saturated rings. The van der Waals surface area contributed by atoms with Gasteiger partial charge in [-0.3, -0.25) is 14.4 Å². The molecule has 1 saturated carbocycles. The second kappa shape index (κ2) is 8.67. The van der Waals surface area contributed by atoms with Crippen LogP contribution in [0.1, 0.15) is 44.1 Å². The molecule has 1 heterocycles. The van der Waals surface area contributed by atoms with E-state index >= 15 is 0 Å². The summed E-state index contributed by atoms with van der Waals surface area (Å²) in [6.07, 6.45) is 3.90. The normalized spacial score (nSPS) is 20.0. The van der Waals surface area contributed by atoms with Gasteiger partial charge >= 0.3 is 5.97 Å². The average Bonchev–Trinajstić information content (AvgIpc) is 3.30. The van der Waals surface area contributed by atoms with E-state index < -0.39 is 23.5 Å². The maximum absolute atomic E-state index is 13.5. The van der Waals surface area contributed by atoms with Crippen molar-refractivity contribution in [3.8, 4) is 0 Å². The maximum atomic E-state index is 13.5. The maximum Gasteiger partial charge on any atom is 0.305 e. The molecular formula is C20H24F2N2O4. The Balaban J connectivity index is 1.71. The fourth-order valence-electron chi connectivity index (χ4n) is 4.08. The number of halogens is 2. The van der Waals surface area contributed by atoms with E-state index in [1.807, 2.05) is 0 Å². The number of rotatable bonds is 7. The van der Waals surface area contributed by atoms with Crippen molar-refractivity contribution >= 4 is 17.8 Å². The van der Waals surface area contributed by atoms with Crippen LogP contribution in [0, 0.1) is 17.6 Å². The molecule has 8 heteroatoms. The quantitative estimate of drug-likeness (QED) is 0.771. The minimum Gasteiger partial charge on any atom is -0.481 e. The fourth-order valence-corrected chi connectivity index (χ4v) is 4.08. The van der Waals surface area contributed by atoms with Crippen LogP contribution < -0.4 is 0 Å². The first-order valence-electron chi connectivity index (χ1n) is 9.59. The molecule has 1 aromatic carbocycles. The molecule has 28 heavy (non-hydrogen) atoms. The van der Waals surface area contributed by atoms with E-state index in [1.165, 1.54) is 11.0 Å².